The zero-order valence-corrected chi connectivity index (χ0v) is 11.3. The van der Waals surface area contributed by atoms with Crippen molar-refractivity contribution in [3.8, 4) is 0 Å². The van der Waals surface area contributed by atoms with Crippen LogP contribution in [-0.4, -0.2) is 48.6 Å². The Morgan fingerprint density at radius 1 is 1.40 bits per heavy atom. The zero-order valence-electron chi connectivity index (χ0n) is 10.5. The molecule has 1 rings (SSSR count). The highest BCUT2D eigenvalue weighted by Gasteiger charge is 2.16. The van der Waals surface area contributed by atoms with Crippen LogP contribution in [0.5, 0.6) is 0 Å². The van der Waals surface area contributed by atoms with E-state index in [-0.39, 0.29) is 0 Å². The van der Waals surface area contributed by atoms with E-state index in [2.05, 4.69) is 42.7 Å². The second-order valence-electron chi connectivity index (χ2n) is 4.52. The fraction of sp³-hybridized carbons (Fsp3) is 1.00. The van der Waals surface area contributed by atoms with Gasteiger partial charge in [0.25, 0.3) is 0 Å². The van der Waals surface area contributed by atoms with E-state index in [9.17, 15) is 0 Å². The van der Waals surface area contributed by atoms with Crippen molar-refractivity contribution in [2.24, 2.45) is 5.92 Å². The largest absolute Gasteiger partial charge is 0.313 e. The maximum atomic E-state index is 3.67. The lowest BCUT2D eigenvalue weighted by Crippen LogP contribution is -2.41. The van der Waals surface area contributed by atoms with Gasteiger partial charge in [0, 0.05) is 12.6 Å². The molecule has 0 amide bonds. The number of nitrogens with zero attached hydrogens (tertiary/aromatic N) is 1. The second kappa shape index (κ2) is 7.53. The fourth-order valence-electron chi connectivity index (χ4n) is 2.05. The standard InChI is InChI=1S/C12H26N2S/c1-4-14(5-2)9-11(3)13-8-12-6-7-15-10-12/h11-13H,4-10H2,1-3H3. The van der Waals surface area contributed by atoms with Crippen molar-refractivity contribution in [3.63, 3.8) is 0 Å². The summed E-state index contributed by atoms with van der Waals surface area (Å²) in [6, 6.07) is 0.635. The van der Waals surface area contributed by atoms with Crippen LogP contribution in [0.25, 0.3) is 0 Å². The molecule has 1 aliphatic heterocycles. The molecule has 2 unspecified atom stereocenters. The molecule has 0 spiro atoms. The first-order valence-electron chi connectivity index (χ1n) is 6.29. The summed E-state index contributed by atoms with van der Waals surface area (Å²) in [4.78, 5) is 2.49. The summed E-state index contributed by atoms with van der Waals surface area (Å²) in [7, 11) is 0. The predicted octanol–water partition coefficient (Wildman–Crippen LogP) is 2.06. The third-order valence-electron chi connectivity index (χ3n) is 3.21. The SMILES string of the molecule is CCN(CC)CC(C)NCC1CCSC1. The highest BCUT2D eigenvalue weighted by atomic mass is 32.2. The molecule has 3 heteroatoms. The molecule has 1 aliphatic rings. The molecular weight excluding hydrogens is 204 g/mol. The van der Waals surface area contributed by atoms with Gasteiger partial charge >= 0.3 is 0 Å². The molecule has 15 heavy (non-hydrogen) atoms. The van der Waals surface area contributed by atoms with Crippen molar-refractivity contribution in [2.75, 3.05) is 37.7 Å². The van der Waals surface area contributed by atoms with Gasteiger partial charge in [-0.3, -0.25) is 0 Å². The van der Waals surface area contributed by atoms with Crippen LogP contribution in [0.3, 0.4) is 0 Å². The molecule has 0 aromatic carbocycles. The van der Waals surface area contributed by atoms with Crippen molar-refractivity contribution in [1.29, 1.82) is 0 Å². The van der Waals surface area contributed by atoms with Crippen LogP contribution in [0.15, 0.2) is 0 Å². The second-order valence-corrected chi connectivity index (χ2v) is 5.67. The van der Waals surface area contributed by atoms with Gasteiger partial charge in [-0.05, 0) is 50.4 Å². The lowest BCUT2D eigenvalue weighted by atomic mass is 10.1. The Morgan fingerprint density at radius 2 is 2.13 bits per heavy atom. The van der Waals surface area contributed by atoms with Gasteiger partial charge in [-0.15, -0.1) is 0 Å². The van der Waals surface area contributed by atoms with Gasteiger partial charge in [-0.25, -0.2) is 0 Å². The Balaban J connectivity index is 2.08. The molecule has 0 radical (unpaired) electrons. The van der Waals surface area contributed by atoms with Gasteiger partial charge in [0.15, 0.2) is 0 Å². The quantitative estimate of drug-likeness (QED) is 0.721. The summed E-state index contributed by atoms with van der Waals surface area (Å²) in [6.07, 6.45) is 1.41. The van der Waals surface area contributed by atoms with Gasteiger partial charge < -0.3 is 10.2 Å². The van der Waals surface area contributed by atoms with Crippen molar-refractivity contribution in [3.05, 3.63) is 0 Å². The van der Waals surface area contributed by atoms with Crippen molar-refractivity contribution < 1.29 is 0 Å². The van der Waals surface area contributed by atoms with E-state index in [0.29, 0.717) is 6.04 Å². The van der Waals surface area contributed by atoms with E-state index in [4.69, 9.17) is 0 Å². The molecule has 0 aromatic rings. The van der Waals surface area contributed by atoms with Crippen molar-refractivity contribution >= 4 is 11.8 Å². The molecule has 1 fully saturated rings. The Kier molecular flexibility index (Phi) is 6.69. The van der Waals surface area contributed by atoms with Crippen LogP contribution in [0.2, 0.25) is 0 Å². The number of thioether (sulfide) groups is 1. The van der Waals surface area contributed by atoms with Gasteiger partial charge in [-0.2, -0.15) is 11.8 Å². The molecule has 0 aliphatic carbocycles. The Morgan fingerprint density at radius 3 is 2.67 bits per heavy atom. The maximum Gasteiger partial charge on any atom is 0.0166 e. The minimum atomic E-state index is 0.635. The van der Waals surface area contributed by atoms with Crippen LogP contribution >= 0.6 is 11.8 Å². The van der Waals surface area contributed by atoms with Gasteiger partial charge in [0.05, 0.1) is 0 Å². The number of rotatable bonds is 7. The van der Waals surface area contributed by atoms with E-state index in [1.165, 1.54) is 44.1 Å². The average molecular weight is 230 g/mol. The molecule has 1 heterocycles. The number of hydrogen-bond acceptors (Lipinski definition) is 3. The summed E-state index contributed by atoms with van der Waals surface area (Å²) in [5.74, 6) is 3.66. The highest BCUT2D eigenvalue weighted by molar-refractivity contribution is 7.99. The van der Waals surface area contributed by atoms with Crippen LogP contribution in [0.4, 0.5) is 0 Å². The molecule has 2 nitrogen and oxygen atoms in total. The lowest BCUT2D eigenvalue weighted by molar-refractivity contribution is 0.267. The molecule has 0 bridgehead atoms. The molecule has 0 saturated carbocycles. The summed E-state index contributed by atoms with van der Waals surface area (Å²) in [5.41, 5.74) is 0. The Hall–Kier alpha value is 0.270. The fourth-order valence-corrected chi connectivity index (χ4v) is 3.33. The van der Waals surface area contributed by atoms with Crippen LogP contribution in [-0.2, 0) is 0 Å². The van der Waals surface area contributed by atoms with Crippen LogP contribution < -0.4 is 5.32 Å². The normalized spacial score (nSPS) is 23.6. The molecular formula is C12H26N2S. The summed E-state index contributed by atoms with van der Waals surface area (Å²) in [5, 5.41) is 3.67. The number of nitrogens with one attached hydrogen (secondary N) is 1. The minimum absolute atomic E-state index is 0.635. The summed E-state index contributed by atoms with van der Waals surface area (Å²) >= 11 is 2.11. The van der Waals surface area contributed by atoms with Gasteiger partial charge in [0.2, 0.25) is 0 Å². The third-order valence-corrected chi connectivity index (χ3v) is 4.44. The van der Waals surface area contributed by atoms with Crippen molar-refractivity contribution in [1.82, 2.24) is 10.2 Å². The minimum Gasteiger partial charge on any atom is -0.313 e. The first-order chi connectivity index (χ1) is 7.26. The van der Waals surface area contributed by atoms with E-state index in [0.717, 1.165) is 5.92 Å². The van der Waals surface area contributed by atoms with Gasteiger partial charge in [0.1, 0.15) is 0 Å². The maximum absolute atomic E-state index is 3.67. The predicted molar refractivity (Wildman–Crippen MR) is 70.7 cm³/mol. The summed E-state index contributed by atoms with van der Waals surface area (Å²) < 4.78 is 0. The monoisotopic (exact) mass is 230 g/mol. The van der Waals surface area contributed by atoms with E-state index in [1.54, 1.807) is 0 Å². The zero-order chi connectivity index (χ0) is 11.1. The third kappa shape index (κ3) is 5.23. The number of likely N-dealkylation sites (N-methyl/N-ethyl adjacent to an activating group) is 1. The molecule has 1 saturated heterocycles. The van der Waals surface area contributed by atoms with Crippen molar-refractivity contribution in [2.45, 2.75) is 33.2 Å². The molecule has 0 aromatic heterocycles. The summed E-state index contributed by atoms with van der Waals surface area (Å²) in [6.45, 7) is 11.5. The van der Waals surface area contributed by atoms with Crippen LogP contribution in [0, 0.1) is 5.92 Å². The first kappa shape index (κ1) is 13.3. The highest BCUT2D eigenvalue weighted by Crippen LogP contribution is 2.22. The molecule has 2 atom stereocenters. The first-order valence-corrected chi connectivity index (χ1v) is 7.45. The van der Waals surface area contributed by atoms with Crippen LogP contribution in [0.1, 0.15) is 27.2 Å². The van der Waals surface area contributed by atoms with E-state index < -0.39 is 0 Å². The smallest absolute Gasteiger partial charge is 0.0166 e. The van der Waals surface area contributed by atoms with Gasteiger partial charge in [-0.1, -0.05) is 13.8 Å². The molecule has 90 valence electrons. The topological polar surface area (TPSA) is 15.3 Å². The lowest BCUT2D eigenvalue weighted by Gasteiger charge is -2.24. The number of hydrogen-bond donors (Lipinski definition) is 1. The van der Waals surface area contributed by atoms with E-state index >= 15 is 0 Å². The Bertz CT molecular complexity index is 154. The Labute approximate surface area is 99.2 Å². The molecule has 1 N–H and O–H groups in total. The average Bonchev–Trinajstić information content (AvgIpc) is 2.75. The van der Waals surface area contributed by atoms with E-state index in [1.807, 2.05) is 0 Å².